The topological polar surface area (TPSA) is 63.6 Å². The maximum atomic E-state index is 12.4. The first-order chi connectivity index (χ1) is 9.39. The summed E-state index contributed by atoms with van der Waals surface area (Å²) in [5.74, 6) is 0.222. The van der Waals surface area contributed by atoms with Gasteiger partial charge in [0.1, 0.15) is 4.88 Å². The molecule has 4 nitrogen and oxygen atoms in total. The van der Waals surface area contributed by atoms with Crippen LogP contribution in [0.25, 0.3) is 0 Å². The lowest BCUT2D eigenvalue weighted by Crippen LogP contribution is -2.27. The second-order valence-corrected chi connectivity index (χ2v) is 7.96. The predicted molar refractivity (Wildman–Crippen MR) is 79.9 cm³/mol. The molecule has 0 radical (unpaired) electrons. The van der Waals surface area contributed by atoms with Crippen LogP contribution in [0.4, 0.5) is 0 Å². The number of aliphatic hydroxyl groups is 1. The van der Waals surface area contributed by atoms with Crippen LogP contribution >= 0.6 is 23.1 Å². The molecule has 0 saturated heterocycles. The minimum atomic E-state index is -0.382. The summed E-state index contributed by atoms with van der Waals surface area (Å²) >= 11 is 2.74. The van der Waals surface area contributed by atoms with Crippen LogP contribution in [0.3, 0.4) is 0 Å². The highest BCUT2D eigenvalue weighted by molar-refractivity contribution is 8.01. The summed E-state index contributed by atoms with van der Waals surface area (Å²) in [5.41, 5.74) is 1.36. The number of carbonyl (C=O) groups excluding carboxylic acids is 2. The van der Waals surface area contributed by atoms with E-state index in [4.69, 9.17) is 9.84 Å². The highest BCUT2D eigenvalue weighted by atomic mass is 32.2. The summed E-state index contributed by atoms with van der Waals surface area (Å²) < 4.78 is 5.65. The number of thiophene rings is 1. The van der Waals surface area contributed by atoms with Gasteiger partial charge >= 0.3 is 5.97 Å². The molecule has 0 fully saturated rings. The van der Waals surface area contributed by atoms with Crippen LogP contribution < -0.4 is 0 Å². The lowest BCUT2D eigenvalue weighted by Gasteiger charge is -2.29. The van der Waals surface area contributed by atoms with Crippen LogP contribution in [0.2, 0.25) is 0 Å². The molecular weight excluding hydrogens is 296 g/mol. The molecule has 0 aromatic carbocycles. The second kappa shape index (κ2) is 5.87. The van der Waals surface area contributed by atoms with Crippen molar-refractivity contribution >= 4 is 34.9 Å². The summed E-state index contributed by atoms with van der Waals surface area (Å²) in [6, 6.07) is 0. The number of aliphatic hydroxyl groups excluding tert-OH is 1. The van der Waals surface area contributed by atoms with Gasteiger partial charge in [-0.1, -0.05) is 13.8 Å². The van der Waals surface area contributed by atoms with E-state index in [0.29, 0.717) is 29.0 Å². The number of thioether (sulfide) groups is 1. The molecule has 110 valence electrons. The summed E-state index contributed by atoms with van der Waals surface area (Å²) in [4.78, 5) is 24.8. The van der Waals surface area contributed by atoms with Crippen molar-refractivity contribution in [3.05, 3.63) is 16.0 Å². The third-order valence-corrected chi connectivity index (χ3v) is 5.71. The summed E-state index contributed by atoms with van der Waals surface area (Å²) in [7, 11) is 1.35. The minimum Gasteiger partial charge on any atom is -0.465 e. The van der Waals surface area contributed by atoms with E-state index in [0.717, 1.165) is 9.77 Å². The van der Waals surface area contributed by atoms with Gasteiger partial charge in [0.15, 0.2) is 5.78 Å². The molecule has 1 aromatic rings. The Balaban J connectivity index is 2.51. The van der Waals surface area contributed by atoms with Gasteiger partial charge in [0.25, 0.3) is 0 Å². The van der Waals surface area contributed by atoms with Crippen molar-refractivity contribution in [3.63, 3.8) is 0 Å². The molecule has 0 unspecified atom stereocenters. The number of ketones is 1. The van der Waals surface area contributed by atoms with Gasteiger partial charge in [0.05, 0.1) is 17.9 Å². The van der Waals surface area contributed by atoms with Gasteiger partial charge in [-0.05, 0) is 17.4 Å². The molecule has 0 aliphatic heterocycles. The Morgan fingerprint density at radius 2 is 2.15 bits per heavy atom. The van der Waals surface area contributed by atoms with E-state index in [9.17, 15) is 9.59 Å². The van der Waals surface area contributed by atoms with Crippen molar-refractivity contribution in [2.75, 3.05) is 19.5 Å². The van der Waals surface area contributed by atoms with Crippen molar-refractivity contribution in [1.29, 1.82) is 0 Å². The molecule has 1 heterocycles. The predicted octanol–water partition coefficient (Wildman–Crippen LogP) is 2.77. The van der Waals surface area contributed by atoms with Gasteiger partial charge in [0, 0.05) is 17.7 Å². The first-order valence-corrected chi connectivity index (χ1v) is 8.20. The van der Waals surface area contributed by atoms with E-state index < -0.39 is 0 Å². The van der Waals surface area contributed by atoms with Gasteiger partial charge < -0.3 is 9.84 Å². The number of ether oxygens (including phenoxy) is 1. The zero-order valence-electron chi connectivity index (χ0n) is 11.8. The molecular formula is C14H18O4S2. The maximum absolute atomic E-state index is 12.4. The first kappa shape index (κ1) is 15.5. The lowest BCUT2D eigenvalue weighted by molar-refractivity contribution is 0.0604. The molecule has 0 bridgehead atoms. The van der Waals surface area contributed by atoms with E-state index in [-0.39, 0.29) is 23.8 Å². The van der Waals surface area contributed by atoms with Crippen molar-refractivity contribution in [3.8, 4) is 0 Å². The summed E-state index contributed by atoms with van der Waals surface area (Å²) in [5, 5.41) is 8.95. The molecule has 1 aliphatic rings. The van der Waals surface area contributed by atoms with Crippen LogP contribution in [-0.4, -0.2) is 36.3 Å². The molecule has 0 atom stereocenters. The Morgan fingerprint density at radius 3 is 2.75 bits per heavy atom. The largest absolute Gasteiger partial charge is 0.465 e. The number of Topliss-reactive ketones (excluding diaryl/α,β-unsaturated/α-hetero) is 1. The van der Waals surface area contributed by atoms with E-state index in [1.165, 1.54) is 30.2 Å². The number of methoxy groups -OCH3 is 1. The van der Waals surface area contributed by atoms with Crippen LogP contribution in [0.5, 0.6) is 0 Å². The monoisotopic (exact) mass is 314 g/mol. The van der Waals surface area contributed by atoms with Crippen molar-refractivity contribution in [2.24, 2.45) is 5.41 Å². The van der Waals surface area contributed by atoms with Gasteiger partial charge in [-0.25, -0.2) is 4.79 Å². The number of carbonyl (C=O) groups is 2. The fraction of sp³-hybridized carbons (Fsp3) is 0.571. The van der Waals surface area contributed by atoms with Gasteiger partial charge in [-0.15, -0.1) is 23.1 Å². The van der Waals surface area contributed by atoms with Crippen molar-refractivity contribution in [2.45, 2.75) is 30.9 Å². The van der Waals surface area contributed by atoms with E-state index in [1.54, 1.807) is 0 Å². The molecule has 0 spiro atoms. The molecule has 0 amide bonds. The Bertz CT molecular complexity index is 546. The summed E-state index contributed by atoms with van der Waals surface area (Å²) in [6.45, 7) is 4.12. The maximum Gasteiger partial charge on any atom is 0.348 e. The quantitative estimate of drug-likeness (QED) is 0.684. The average molecular weight is 314 g/mol. The minimum absolute atomic E-state index is 0.0462. The number of fused-ring (bicyclic) bond motifs is 1. The smallest absolute Gasteiger partial charge is 0.348 e. The SMILES string of the molecule is COC(=O)c1sc(SCCO)c2c1CC(C)(C)CC2=O. The fourth-order valence-corrected chi connectivity index (χ4v) is 4.84. The molecule has 2 rings (SSSR count). The Kier molecular flexibility index (Phi) is 4.56. The Labute approximate surface area is 126 Å². The number of hydrogen-bond acceptors (Lipinski definition) is 6. The van der Waals surface area contributed by atoms with Crippen LogP contribution in [0.1, 0.15) is 45.9 Å². The number of esters is 1. The highest BCUT2D eigenvalue weighted by Crippen LogP contribution is 2.45. The molecule has 0 saturated carbocycles. The Morgan fingerprint density at radius 1 is 1.45 bits per heavy atom. The lowest BCUT2D eigenvalue weighted by atomic mass is 9.74. The Hall–Kier alpha value is -0.850. The average Bonchev–Trinajstić information content (AvgIpc) is 2.72. The third kappa shape index (κ3) is 2.92. The molecule has 1 aliphatic carbocycles. The fourth-order valence-electron chi connectivity index (χ4n) is 2.45. The van der Waals surface area contributed by atoms with Gasteiger partial charge in [0.2, 0.25) is 0 Å². The zero-order chi connectivity index (χ0) is 14.9. The van der Waals surface area contributed by atoms with E-state index in [1.807, 2.05) is 13.8 Å². The first-order valence-electron chi connectivity index (χ1n) is 6.40. The van der Waals surface area contributed by atoms with Crippen molar-refractivity contribution < 1.29 is 19.4 Å². The standard InChI is InChI=1S/C14H18O4S2/c1-14(2)6-8-10(9(16)7-14)13(19-5-4-15)20-11(8)12(17)18-3/h15H,4-7H2,1-3H3. The molecule has 20 heavy (non-hydrogen) atoms. The number of hydrogen-bond donors (Lipinski definition) is 1. The second-order valence-electron chi connectivity index (χ2n) is 5.58. The van der Waals surface area contributed by atoms with E-state index >= 15 is 0 Å². The third-order valence-electron chi connectivity index (χ3n) is 3.24. The van der Waals surface area contributed by atoms with Crippen LogP contribution in [0.15, 0.2) is 4.21 Å². The van der Waals surface area contributed by atoms with Crippen LogP contribution in [0, 0.1) is 5.41 Å². The summed E-state index contributed by atoms with van der Waals surface area (Å²) in [6.07, 6.45) is 1.19. The van der Waals surface area contributed by atoms with Gasteiger partial charge in [-0.3, -0.25) is 4.79 Å². The molecule has 1 N–H and O–H groups in total. The highest BCUT2D eigenvalue weighted by Gasteiger charge is 2.37. The van der Waals surface area contributed by atoms with Crippen molar-refractivity contribution in [1.82, 2.24) is 0 Å². The normalized spacial score (nSPS) is 16.9. The van der Waals surface area contributed by atoms with E-state index in [2.05, 4.69) is 0 Å². The van der Waals surface area contributed by atoms with Gasteiger partial charge in [-0.2, -0.15) is 0 Å². The molecule has 1 aromatic heterocycles. The van der Waals surface area contributed by atoms with Crippen LogP contribution in [-0.2, 0) is 11.2 Å². The molecule has 6 heteroatoms. The number of rotatable bonds is 4. The zero-order valence-corrected chi connectivity index (χ0v) is 13.4.